The number of nitriles is 1. The Bertz CT molecular complexity index is 1180. The Morgan fingerprint density at radius 3 is 2.77 bits per heavy atom. The van der Waals surface area contributed by atoms with E-state index in [-0.39, 0.29) is 6.79 Å². The van der Waals surface area contributed by atoms with Crippen LogP contribution in [0.4, 0.5) is 5.82 Å². The first-order valence-electron chi connectivity index (χ1n) is 9.51. The standard InChI is InChI=1S/C20H18N6O3S/c21-11-15-2-1-5-22-18(15)25-8-6-24(7-9-25)12-26-20(30)29-19(23-26)14-3-4-16-17(10-14)28-13-27-16/h1-5,10H,6-9,12-13H2. The number of nitrogens with zero attached hydrogens (tertiary/aromatic N) is 6. The second-order valence-corrected chi connectivity index (χ2v) is 7.32. The molecule has 2 aliphatic rings. The van der Waals surface area contributed by atoms with Crippen molar-refractivity contribution >= 4 is 18.0 Å². The van der Waals surface area contributed by atoms with Gasteiger partial charge in [0.25, 0.3) is 4.84 Å². The van der Waals surface area contributed by atoms with Crippen molar-refractivity contribution in [1.29, 1.82) is 5.26 Å². The van der Waals surface area contributed by atoms with E-state index in [1.807, 2.05) is 18.2 Å². The molecule has 1 fully saturated rings. The lowest BCUT2D eigenvalue weighted by molar-refractivity contribution is 0.174. The van der Waals surface area contributed by atoms with E-state index in [0.717, 1.165) is 37.6 Å². The molecule has 1 aromatic carbocycles. The molecule has 2 aliphatic heterocycles. The van der Waals surface area contributed by atoms with Gasteiger partial charge in [-0.1, -0.05) is 0 Å². The van der Waals surface area contributed by atoms with Gasteiger partial charge in [-0.15, -0.1) is 5.10 Å². The summed E-state index contributed by atoms with van der Waals surface area (Å²) >= 11 is 5.37. The Morgan fingerprint density at radius 1 is 1.10 bits per heavy atom. The van der Waals surface area contributed by atoms with E-state index in [4.69, 9.17) is 26.1 Å². The molecule has 9 nitrogen and oxygen atoms in total. The molecule has 0 atom stereocenters. The van der Waals surface area contributed by atoms with Crippen molar-refractivity contribution in [3.63, 3.8) is 0 Å². The van der Waals surface area contributed by atoms with Crippen molar-refractivity contribution < 1.29 is 13.9 Å². The van der Waals surface area contributed by atoms with Gasteiger partial charge in [-0.05, 0) is 42.5 Å². The molecule has 152 valence electrons. The number of pyridine rings is 1. The molecule has 2 aromatic heterocycles. The van der Waals surface area contributed by atoms with Gasteiger partial charge in [-0.2, -0.15) is 5.26 Å². The molecule has 10 heteroatoms. The van der Waals surface area contributed by atoms with Crippen molar-refractivity contribution in [2.75, 3.05) is 37.9 Å². The van der Waals surface area contributed by atoms with Gasteiger partial charge in [0.2, 0.25) is 12.7 Å². The van der Waals surface area contributed by atoms with Gasteiger partial charge in [-0.3, -0.25) is 4.90 Å². The van der Waals surface area contributed by atoms with E-state index in [1.165, 1.54) is 0 Å². The lowest BCUT2D eigenvalue weighted by Gasteiger charge is -2.35. The predicted molar refractivity (Wildman–Crippen MR) is 110 cm³/mol. The van der Waals surface area contributed by atoms with E-state index < -0.39 is 0 Å². The number of hydrogen-bond acceptors (Lipinski definition) is 9. The molecule has 0 radical (unpaired) electrons. The highest BCUT2D eigenvalue weighted by Gasteiger charge is 2.22. The minimum atomic E-state index is 0.219. The Balaban J connectivity index is 1.26. The first-order valence-corrected chi connectivity index (χ1v) is 9.92. The topological polar surface area (TPSA) is 92.6 Å². The van der Waals surface area contributed by atoms with Crippen molar-refractivity contribution in [3.05, 3.63) is 46.9 Å². The normalized spacial score (nSPS) is 15.9. The number of rotatable bonds is 4. The van der Waals surface area contributed by atoms with Crippen LogP contribution in [0.5, 0.6) is 11.5 Å². The molecule has 1 saturated heterocycles. The molecule has 4 heterocycles. The summed E-state index contributed by atoms with van der Waals surface area (Å²) in [6.45, 7) is 3.90. The van der Waals surface area contributed by atoms with E-state index in [0.29, 0.717) is 34.5 Å². The lowest BCUT2D eigenvalue weighted by Crippen LogP contribution is -2.47. The monoisotopic (exact) mass is 422 g/mol. The Hall–Kier alpha value is -3.42. The Labute approximate surface area is 177 Å². The van der Waals surface area contributed by atoms with Gasteiger partial charge >= 0.3 is 0 Å². The third-order valence-corrected chi connectivity index (χ3v) is 5.43. The van der Waals surface area contributed by atoms with Crippen LogP contribution in [0, 0.1) is 16.2 Å². The first-order chi connectivity index (χ1) is 14.7. The molecule has 3 aromatic rings. The molecule has 0 N–H and O–H groups in total. The van der Waals surface area contributed by atoms with Crippen LogP contribution in [-0.4, -0.2) is 52.6 Å². The number of hydrogen-bond donors (Lipinski definition) is 0. The van der Waals surface area contributed by atoms with Crippen molar-refractivity contribution in [2.24, 2.45) is 0 Å². The summed E-state index contributed by atoms with van der Waals surface area (Å²) in [5.41, 5.74) is 1.38. The minimum absolute atomic E-state index is 0.219. The van der Waals surface area contributed by atoms with Crippen LogP contribution in [0.3, 0.4) is 0 Å². The fourth-order valence-corrected chi connectivity index (χ4v) is 3.75. The molecule has 30 heavy (non-hydrogen) atoms. The second-order valence-electron chi connectivity index (χ2n) is 6.97. The van der Waals surface area contributed by atoms with Crippen LogP contribution in [0.15, 0.2) is 40.9 Å². The largest absolute Gasteiger partial charge is 0.454 e. The zero-order chi connectivity index (χ0) is 20.5. The highest BCUT2D eigenvalue weighted by Crippen LogP contribution is 2.35. The number of ether oxygens (including phenoxy) is 2. The van der Waals surface area contributed by atoms with Gasteiger partial charge < -0.3 is 18.8 Å². The fraction of sp³-hybridized carbons (Fsp3) is 0.300. The molecule has 0 amide bonds. The molecule has 0 bridgehead atoms. The van der Waals surface area contributed by atoms with E-state index in [1.54, 1.807) is 23.0 Å². The average Bonchev–Trinajstić information content (AvgIpc) is 3.40. The van der Waals surface area contributed by atoms with Crippen molar-refractivity contribution in [1.82, 2.24) is 19.7 Å². The van der Waals surface area contributed by atoms with Crippen LogP contribution in [-0.2, 0) is 6.67 Å². The third kappa shape index (κ3) is 3.49. The van der Waals surface area contributed by atoms with Crippen molar-refractivity contribution in [2.45, 2.75) is 6.67 Å². The van der Waals surface area contributed by atoms with E-state index >= 15 is 0 Å². The quantitative estimate of drug-likeness (QED) is 0.588. The summed E-state index contributed by atoms with van der Waals surface area (Å²) in [5, 5.41) is 13.8. The number of piperazine rings is 1. The summed E-state index contributed by atoms with van der Waals surface area (Å²) in [6.07, 6.45) is 1.72. The van der Waals surface area contributed by atoms with Crippen LogP contribution in [0.25, 0.3) is 11.5 Å². The average molecular weight is 422 g/mol. The maximum absolute atomic E-state index is 9.30. The van der Waals surface area contributed by atoms with Gasteiger partial charge in [0.05, 0.1) is 12.2 Å². The Kier molecular flexibility index (Phi) is 4.82. The summed E-state index contributed by atoms with van der Waals surface area (Å²) in [7, 11) is 0. The van der Waals surface area contributed by atoms with Crippen LogP contribution >= 0.6 is 12.2 Å². The number of anilines is 1. The maximum Gasteiger partial charge on any atom is 0.288 e. The smallest absolute Gasteiger partial charge is 0.288 e. The number of fused-ring (bicyclic) bond motifs is 1. The molecular formula is C20H18N6O3S. The summed E-state index contributed by atoms with van der Waals surface area (Å²) in [6, 6.07) is 11.3. The summed E-state index contributed by atoms with van der Waals surface area (Å²) in [4.78, 5) is 9.07. The third-order valence-electron chi connectivity index (χ3n) is 5.14. The fourth-order valence-electron chi connectivity index (χ4n) is 3.57. The Morgan fingerprint density at radius 2 is 1.93 bits per heavy atom. The van der Waals surface area contributed by atoms with Crippen molar-refractivity contribution in [3.8, 4) is 29.0 Å². The highest BCUT2D eigenvalue weighted by molar-refractivity contribution is 7.71. The number of aromatic nitrogens is 3. The highest BCUT2D eigenvalue weighted by atomic mass is 32.1. The summed E-state index contributed by atoms with van der Waals surface area (Å²) in [5.74, 6) is 2.57. The van der Waals surface area contributed by atoms with Gasteiger partial charge in [0, 0.05) is 37.9 Å². The number of benzene rings is 1. The molecular weight excluding hydrogens is 404 g/mol. The van der Waals surface area contributed by atoms with E-state index in [2.05, 4.69) is 26.0 Å². The molecule has 0 spiro atoms. The SMILES string of the molecule is N#Cc1cccnc1N1CCN(Cn2nc(-c3ccc4c(c3)OCO4)oc2=S)CC1. The van der Waals surface area contributed by atoms with Gasteiger partial charge in [-0.25, -0.2) is 9.67 Å². The molecule has 0 unspecified atom stereocenters. The molecule has 0 aliphatic carbocycles. The van der Waals surface area contributed by atoms with Gasteiger partial charge in [0.1, 0.15) is 11.9 Å². The maximum atomic E-state index is 9.30. The first kappa shape index (κ1) is 18.6. The zero-order valence-electron chi connectivity index (χ0n) is 16.0. The molecule has 5 rings (SSSR count). The lowest BCUT2D eigenvalue weighted by atomic mass is 10.2. The van der Waals surface area contributed by atoms with Crippen LogP contribution in [0.2, 0.25) is 0 Å². The predicted octanol–water partition coefficient (Wildman–Crippen LogP) is 2.65. The van der Waals surface area contributed by atoms with Crippen LogP contribution in [0.1, 0.15) is 5.56 Å². The van der Waals surface area contributed by atoms with Crippen LogP contribution < -0.4 is 14.4 Å². The summed E-state index contributed by atoms with van der Waals surface area (Å²) < 4.78 is 18.2. The van der Waals surface area contributed by atoms with E-state index in [9.17, 15) is 5.26 Å². The molecule has 0 saturated carbocycles. The minimum Gasteiger partial charge on any atom is -0.454 e. The zero-order valence-corrected chi connectivity index (χ0v) is 16.8. The van der Waals surface area contributed by atoms with Gasteiger partial charge in [0.15, 0.2) is 11.5 Å². The second kappa shape index (κ2) is 7.78.